The van der Waals surface area contributed by atoms with Gasteiger partial charge in [0.05, 0.1) is 42.7 Å². The molecule has 1 N–H and O–H groups in total. The number of para-hydroxylation sites is 2. The van der Waals surface area contributed by atoms with E-state index < -0.39 is 5.97 Å². The molecule has 0 unspecified atom stereocenters. The Bertz CT molecular complexity index is 2410. The second-order valence-corrected chi connectivity index (χ2v) is 15.4. The molecule has 0 spiro atoms. The Morgan fingerprint density at radius 2 is 1.07 bits per heavy atom. The number of hydrogen-bond donors (Lipinski definition) is 1. The normalized spacial score (nSPS) is 16.9. The lowest BCUT2D eigenvalue weighted by Crippen LogP contribution is -2.07. The van der Waals surface area contributed by atoms with Crippen molar-refractivity contribution in [2.45, 2.75) is 89.1 Å². The molecule has 0 saturated heterocycles. The first-order chi connectivity index (χ1) is 27.0. The van der Waals surface area contributed by atoms with Crippen molar-refractivity contribution in [3.63, 3.8) is 0 Å². The fourth-order valence-electron chi connectivity index (χ4n) is 9.85. The summed E-state index contributed by atoms with van der Waals surface area (Å²) in [6.45, 7) is 2.73. The monoisotopic (exact) mass is 736 g/mol. The summed E-state index contributed by atoms with van der Waals surface area (Å²) in [5.74, 6) is 1.80. The van der Waals surface area contributed by atoms with Gasteiger partial charge < -0.3 is 28.5 Å². The van der Waals surface area contributed by atoms with E-state index >= 15 is 0 Å². The number of hydrogen-bond acceptors (Lipinski definition) is 5. The van der Waals surface area contributed by atoms with E-state index in [0.29, 0.717) is 36.2 Å². The Morgan fingerprint density at radius 1 is 0.618 bits per heavy atom. The fourth-order valence-corrected chi connectivity index (χ4v) is 9.85. The van der Waals surface area contributed by atoms with E-state index in [9.17, 15) is 14.7 Å². The number of ether oxygens (including phenoxy) is 3. The number of aromatic nitrogens is 2. The van der Waals surface area contributed by atoms with Gasteiger partial charge in [-0.2, -0.15) is 0 Å². The number of carbonyl (C=O) groups is 2. The molecule has 0 radical (unpaired) electrons. The lowest BCUT2D eigenvalue weighted by Gasteiger charge is -2.23. The van der Waals surface area contributed by atoms with E-state index in [1.807, 2.05) is 42.5 Å². The highest BCUT2D eigenvalue weighted by Crippen LogP contribution is 2.49. The number of methoxy groups -OCH3 is 1. The highest BCUT2D eigenvalue weighted by molar-refractivity contribution is 6.00. The molecule has 55 heavy (non-hydrogen) atoms. The highest BCUT2D eigenvalue weighted by Gasteiger charge is 2.31. The van der Waals surface area contributed by atoms with E-state index in [4.69, 9.17) is 14.2 Å². The number of carboxylic acid groups (broad SMARTS) is 1. The standard InChI is InChI=1S/C24H25NO3.C23H23NO3/c1-27-24(26)17-11-12-18-20(15-17)25-13-14-28-21-10-6-5-9-19(21)23(25)22(18)16-7-3-2-4-8-16;25-23(26)16-10-11-17-19(14-16)24-12-13-27-20-9-5-4-8-18(20)22(24)21(17)15-6-2-1-3-7-15/h5-6,9-12,15-16H,2-4,7-8,13-14H2,1H3;4-5,8-11,14-15H,1-3,6-7,12-13H2,(H,25,26). The molecule has 0 atom stereocenters. The molecule has 4 heterocycles. The van der Waals surface area contributed by atoms with Crippen LogP contribution in [0.5, 0.6) is 11.5 Å². The number of carbonyl (C=O) groups excluding carboxylic acids is 1. The van der Waals surface area contributed by atoms with Gasteiger partial charge >= 0.3 is 11.9 Å². The second-order valence-electron chi connectivity index (χ2n) is 15.4. The summed E-state index contributed by atoms with van der Waals surface area (Å²) in [6, 6.07) is 28.2. The fraction of sp³-hybridized carbons (Fsp3) is 0.362. The first-order valence-corrected chi connectivity index (χ1v) is 20.1. The van der Waals surface area contributed by atoms with Crippen molar-refractivity contribution in [2.75, 3.05) is 20.3 Å². The average Bonchev–Trinajstić information content (AvgIpc) is 3.55. The van der Waals surface area contributed by atoms with Crippen LogP contribution in [0.25, 0.3) is 44.3 Å². The summed E-state index contributed by atoms with van der Waals surface area (Å²) in [7, 11) is 1.43. The lowest BCUT2D eigenvalue weighted by atomic mass is 9.81. The van der Waals surface area contributed by atoms with Gasteiger partial charge in [-0.15, -0.1) is 0 Å². The first kappa shape index (κ1) is 35.2. The van der Waals surface area contributed by atoms with E-state index in [0.717, 1.165) is 46.7 Å². The maximum atomic E-state index is 12.1. The van der Waals surface area contributed by atoms with Crippen LogP contribution >= 0.6 is 0 Å². The third-order valence-electron chi connectivity index (χ3n) is 12.3. The quantitative estimate of drug-likeness (QED) is 0.181. The van der Waals surface area contributed by atoms with Gasteiger partial charge in [-0.3, -0.25) is 0 Å². The van der Waals surface area contributed by atoms with Crippen LogP contribution < -0.4 is 9.47 Å². The molecule has 282 valence electrons. The SMILES string of the molecule is COC(=O)c1ccc2c(C3CCCCC3)c3n(c2c1)CCOc1ccccc1-3.O=C(O)c1ccc2c(C3CCCCC3)c3n(c2c1)CCOc1ccccc1-3. The molecule has 8 nitrogen and oxygen atoms in total. The summed E-state index contributed by atoms with van der Waals surface area (Å²) in [6.07, 6.45) is 12.6. The number of benzene rings is 4. The summed E-state index contributed by atoms with van der Waals surface area (Å²) in [5.41, 5.74) is 10.7. The topological polar surface area (TPSA) is 91.9 Å². The molecule has 4 aliphatic rings. The molecular weight excluding hydrogens is 689 g/mol. The molecule has 4 aromatic carbocycles. The first-order valence-electron chi connectivity index (χ1n) is 20.1. The van der Waals surface area contributed by atoms with Crippen LogP contribution in [0.15, 0.2) is 84.9 Å². The number of rotatable bonds is 4. The van der Waals surface area contributed by atoms with Crippen molar-refractivity contribution < 1.29 is 28.9 Å². The second kappa shape index (κ2) is 15.0. The van der Waals surface area contributed by atoms with E-state index in [-0.39, 0.29) is 5.97 Å². The van der Waals surface area contributed by atoms with E-state index in [1.54, 1.807) is 6.07 Å². The molecule has 2 aliphatic heterocycles. The molecule has 8 heteroatoms. The zero-order valence-electron chi connectivity index (χ0n) is 31.5. The molecule has 2 saturated carbocycles. The molecule has 2 aliphatic carbocycles. The molecular formula is C47H48N2O6. The van der Waals surface area contributed by atoms with Gasteiger partial charge in [-0.1, -0.05) is 74.9 Å². The van der Waals surface area contributed by atoms with Crippen LogP contribution in [-0.4, -0.2) is 46.5 Å². The lowest BCUT2D eigenvalue weighted by molar-refractivity contribution is 0.0600. The average molecular weight is 737 g/mol. The van der Waals surface area contributed by atoms with Crippen molar-refractivity contribution in [2.24, 2.45) is 0 Å². The number of fused-ring (bicyclic) bond motifs is 10. The third-order valence-corrected chi connectivity index (χ3v) is 12.3. The van der Waals surface area contributed by atoms with Gasteiger partial charge in [-0.25, -0.2) is 9.59 Å². The van der Waals surface area contributed by atoms with Crippen molar-refractivity contribution in [3.8, 4) is 34.0 Å². The zero-order chi connectivity index (χ0) is 37.5. The largest absolute Gasteiger partial charge is 0.491 e. The molecule has 2 aromatic heterocycles. The minimum absolute atomic E-state index is 0.290. The Labute approximate surface area is 321 Å². The van der Waals surface area contributed by atoms with Gasteiger partial charge in [0, 0.05) is 32.9 Å². The van der Waals surface area contributed by atoms with Crippen LogP contribution in [-0.2, 0) is 17.8 Å². The number of nitrogens with zero attached hydrogens (tertiary/aromatic N) is 2. The van der Waals surface area contributed by atoms with Crippen LogP contribution in [0.4, 0.5) is 0 Å². The van der Waals surface area contributed by atoms with Crippen LogP contribution in [0, 0.1) is 0 Å². The number of aromatic carboxylic acids is 1. The molecule has 6 aromatic rings. The minimum Gasteiger partial charge on any atom is -0.491 e. The molecule has 10 rings (SSSR count). The third kappa shape index (κ3) is 6.35. The van der Waals surface area contributed by atoms with Gasteiger partial charge in [0.1, 0.15) is 24.7 Å². The highest BCUT2D eigenvalue weighted by atomic mass is 16.5. The maximum absolute atomic E-state index is 12.1. The zero-order valence-corrected chi connectivity index (χ0v) is 31.5. The Balaban J connectivity index is 0.000000144. The predicted molar refractivity (Wildman–Crippen MR) is 216 cm³/mol. The van der Waals surface area contributed by atoms with Crippen molar-refractivity contribution >= 4 is 33.7 Å². The summed E-state index contributed by atoms with van der Waals surface area (Å²) >= 11 is 0. The van der Waals surface area contributed by atoms with E-state index in [1.165, 1.54) is 105 Å². The van der Waals surface area contributed by atoms with Crippen molar-refractivity contribution in [3.05, 3.63) is 107 Å². The van der Waals surface area contributed by atoms with Crippen molar-refractivity contribution in [1.29, 1.82) is 0 Å². The maximum Gasteiger partial charge on any atom is 0.337 e. The number of esters is 1. The summed E-state index contributed by atoms with van der Waals surface area (Å²) in [4.78, 5) is 23.7. The van der Waals surface area contributed by atoms with E-state index in [2.05, 4.69) is 45.5 Å². The molecule has 0 amide bonds. The Kier molecular flexibility index (Phi) is 9.58. The summed E-state index contributed by atoms with van der Waals surface area (Å²) in [5, 5.41) is 12.0. The minimum atomic E-state index is -0.878. The predicted octanol–water partition coefficient (Wildman–Crippen LogP) is 11.0. The van der Waals surface area contributed by atoms with Gasteiger partial charge in [0.2, 0.25) is 0 Å². The van der Waals surface area contributed by atoms with Crippen molar-refractivity contribution in [1.82, 2.24) is 9.13 Å². The van der Waals surface area contributed by atoms with Gasteiger partial charge in [-0.05, 0) is 97.2 Å². The Hall–Kier alpha value is -5.50. The van der Waals surface area contributed by atoms with Crippen LogP contribution in [0.2, 0.25) is 0 Å². The molecule has 2 fully saturated rings. The molecule has 0 bridgehead atoms. The smallest absolute Gasteiger partial charge is 0.337 e. The van der Waals surface area contributed by atoms with Gasteiger partial charge in [0.15, 0.2) is 0 Å². The van der Waals surface area contributed by atoms with Crippen LogP contribution in [0.1, 0.15) is 108 Å². The van der Waals surface area contributed by atoms with Crippen LogP contribution in [0.3, 0.4) is 0 Å². The van der Waals surface area contributed by atoms with Gasteiger partial charge in [0.25, 0.3) is 0 Å². The summed E-state index contributed by atoms with van der Waals surface area (Å²) < 4.78 is 21.7. The number of carboxylic acids is 1. The Morgan fingerprint density at radius 3 is 1.55 bits per heavy atom.